The van der Waals surface area contributed by atoms with Gasteiger partial charge in [0, 0.05) is 25.4 Å². The summed E-state index contributed by atoms with van der Waals surface area (Å²) in [4.78, 5) is 17.2. The van der Waals surface area contributed by atoms with Gasteiger partial charge in [-0.25, -0.2) is 8.42 Å². The number of likely N-dealkylation sites (N-methyl/N-ethyl adjacent to an activating group) is 1. The number of hydrogen-bond donors (Lipinski definition) is 0. The Labute approximate surface area is 144 Å². The van der Waals surface area contributed by atoms with Crippen LogP contribution in [0.1, 0.15) is 18.4 Å². The minimum absolute atomic E-state index is 0.136. The first kappa shape index (κ1) is 17.4. The van der Waals surface area contributed by atoms with Crippen LogP contribution in [-0.2, 0) is 21.1 Å². The van der Waals surface area contributed by atoms with E-state index < -0.39 is 9.84 Å². The highest BCUT2D eigenvalue weighted by molar-refractivity contribution is 7.90. The molecule has 1 saturated heterocycles. The third-order valence-corrected chi connectivity index (χ3v) is 6.41. The molecule has 2 atom stereocenters. The van der Waals surface area contributed by atoms with Gasteiger partial charge in [0.15, 0.2) is 9.84 Å². The molecule has 1 heterocycles. The smallest absolute Gasteiger partial charge is 0.227 e. The lowest BCUT2D eigenvalue weighted by atomic mass is 9.97. The Morgan fingerprint density at radius 2 is 1.79 bits per heavy atom. The van der Waals surface area contributed by atoms with Gasteiger partial charge in [-0.05, 0) is 56.5 Å². The van der Waals surface area contributed by atoms with Crippen LogP contribution in [0.25, 0.3) is 0 Å². The van der Waals surface area contributed by atoms with Crippen LogP contribution >= 0.6 is 0 Å². The maximum Gasteiger partial charge on any atom is 0.227 e. The van der Waals surface area contributed by atoms with Gasteiger partial charge in [0.25, 0.3) is 0 Å². The van der Waals surface area contributed by atoms with Gasteiger partial charge in [-0.15, -0.1) is 0 Å². The van der Waals surface area contributed by atoms with Gasteiger partial charge in [-0.2, -0.15) is 0 Å². The largest absolute Gasteiger partial charge is 0.340 e. The van der Waals surface area contributed by atoms with Crippen LogP contribution in [0.4, 0.5) is 0 Å². The molecule has 0 N–H and O–H groups in total. The van der Waals surface area contributed by atoms with Crippen LogP contribution in [0.15, 0.2) is 29.2 Å². The number of hydrogen-bond acceptors (Lipinski definition) is 4. The summed E-state index contributed by atoms with van der Waals surface area (Å²) in [5.41, 5.74) is 0.865. The topological polar surface area (TPSA) is 57.7 Å². The van der Waals surface area contributed by atoms with Crippen LogP contribution in [-0.4, -0.2) is 63.6 Å². The normalized spacial score (nSPS) is 24.6. The van der Waals surface area contributed by atoms with Crippen molar-refractivity contribution in [2.24, 2.45) is 11.8 Å². The van der Waals surface area contributed by atoms with E-state index in [0.717, 1.165) is 24.6 Å². The van der Waals surface area contributed by atoms with Crippen LogP contribution in [0, 0.1) is 11.8 Å². The molecule has 132 valence electrons. The second-order valence-electron chi connectivity index (χ2n) is 7.42. The van der Waals surface area contributed by atoms with Gasteiger partial charge in [0.2, 0.25) is 5.91 Å². The summed E-state index contributed by atoms with van der Waals surface area (Å²) >= 11 is 0. The number of nitrogens with zero attached hydrogens (tertiary/aromatic N) is 2. The number of carbonyl (C=O) groups is 1. The van der Waals surface area contributed by atoms with Crippen LogP contribution in [0.3, 0.4) is 0 Å². The summed E-state index contributed by atoms with van der Waals surface area (Å²) < 4.78 is 23.0. The molecule has 0 aromatic heterocycles. The zero-order chi connectivity index (χ0) is 17.5. The van der Waals surface area contributed by atoms with Gasteiger partial charge in [-0.1, -0.05) is 12.1 Å². The van der Waals surface area contributed by atoms with E-state index in [0.29, 0.717) is 23.3 Å². The number of sulfone groups is 1. The number of likely N-dealkylation sites (tertiary alicyclic amines) is 1. The summed E-state index contributed by atoms with van der Waals surface area (Å²) in [6.07, 6.45) is 4.12. The summed E-state index contributed by atoms with van der Waals surface area (Å²) in [6.45, 7) is 1.65. The highest BCUT2D eigenvalue weighted by Crippen LogP contribution is 2.42. The van der Waals surface area contributed by atoms with Gasteiger partial charge < -0.3 is 9.80 Å². The minimum Gasteiger partial charge on any atom is -0.340 e. The van der Waals surface area contributed by atoms with Crippen molar-refractivity contribution in [3.8, 4) is 0 Å². The lowest BCUT2D eigenvalue weighted by molar-refractivity contribution is -0.129. The SMILES string of the molecule is CN(C)[C@@H]1CN(C(=O)Cc2ccc(S(C)(=O)=O)cc2)C[C@H]1C1CC1. The van der Waals surface area contributed by atoms with Gasteiger partial charge in [0.1, 0.15) is 0 Å². The van der Waals surface area contributed by atoms with Crippen LogP contribution in [0.2, 0.25) is 0 Å². The predicted octanol–water partition coefficient (Wildman–Crippen LogP) is 1.43. The molecule has 6 heteroatoms. The first-order valence-electron chi connectivity index (χ1n) is 8.49. The highest BCUT2D eigenvalue weighted by atomic mass is 32.2. The Morgan fingerprint density at radius 3 is 2.29 bits per heavy atom. The Kier molecular flexibility index (Phi) is 4.71. The molecule has 3 rings (SSSR count). The summed E-state index contributed by atoms with van der Waals surface area (Å²) in [7, 11) is 0.999. The van der Waals surface area contributed by atoms with E-state index in [1.165, 1.54) is 19.1 Å². The van der Waals surface area contributed by atoms with Gasteiger partial charge in [-0.3, -0.25) is 4.79 Å². The molecule has 1 aliphatic carbocycles. The summed E-state index contributed by atoms with van der Waals surface area (Å²) in [5, 5.41) is 0. The van der Waals surface area contributed by atoms with Crippen LogP contribution < -0.4 is 0 Å². The molecule has 0 radical (unpaired) electrons. The molecule has 0 bridgehead atoms. The zero-order valence-corrected chi connectivity index (χ0v) is 15.4. The summed E-state index contributed by atoms with van der Waals surface area (Å²) in [6, 6.07) is 7.10. The van der Waals surface area contributed by atoms with E-state index in [4.69, 9.17) is 0 Å². The fraction of sp³-hybridized carbons (Fsp3) is 0.611. The minimum atomic E-state index is -3.19. The molecule has 5 nitrogen and oxygen atoms in total. The highest BCUT2D eigenvalue weighted by Gasteiger charge is 2.44. The lowest BCUT2D eigenvalue weighted by Crippen LogP contribution is -2.37. The van der Waals surface area contributed by atoms with Crippen molar-refractivity contribution in [1.82, 2.24) is 9.80 Å². The quantitative estimate of drug-likeness (QED) is 0.806. The molecule has 0 spiro atoms. The van der Waals surface area contributed by atoms with Crippen LogP contribution in [0.5, 0.6) is 0 Å². The third kappa shape index (κ3) is 3.81. The van der Waals surface area contributed by atoms with Gasteiger partial charge in [0.05, 0.1) is 11.3 Å². The van der Waals surface area contributed by atoms with Crippen molar-refractivity contribution in [3.05, 3.63) is 29.8 Å². The van der Waals surface area contributed by atoms with Crippen molar-refractivity contribution in [1.29, 1.82) is 0 Å². The average molecular weight is 350 g/mol. The number of amides is 1. The lowest BCUT2D eigenvalue weighted by Gasteiger charge is -2.24. The molecule has 24 heavy (non-hydrogen) atoms. The monoisotopic (exact) mass is 350 g/mol. The molecule has 1 amide bonds. The first-order chi connectivity index (χ1) is 11.3. The maximum atomic E-state index is 12.6. The van der Waals surface area contributed by atoms with Gasteiger partial charge >= 0.3 is 0 Å². The molecular weight excluding hydrogens is 324 g/mol. The van der Waals surface area contributed by atoms with Crippen molar-refractivity contribution in [2.75, 3.05) is 33.4 Å². The average Bonchev–Trinajstić information content (AvgIpc) is 3.24. The third-order valence-electron chi connectivity index (χ3n) is 5.28. The molecular formula is C18H26N2O3S. The van der Waals surface area contributed by atoms with E-state index >= 15 is 0 Å². The molecule has 1 saturated carbocycles. The number of carbonyl (C=O) groups excluding carboxylic acids is 1. The maximum absolute atomic E-state index is 12.6. The van der Waals surface area contributed by atoms with Crippen molar-refractivity contribution < 1.29 is 13.2 Å². The predicted molar refractivity (Wildman–Crippen MR) is 93.5 cm³/mol. The van der Waals surface area contributed by atoms with Crippen molar-refractivity contribution >= 4 is 15.7 Å². The first-order valence-corrected chi connectivity index (χ1v) is 10.4. The zero-order valence-electron chi connectivity index (χ0n) is 14.6. The van der Waals surface area contributed by atoms with E-state index in [-0.39, 0.29) is 5.91 Å². The second kappa shape index (κ2) is 6.48. The molecule has 1 aromatic carbocycles. The Bertz CT molecular complexity index is 698. The number of rotatable bonds is 5. The van der Waals surface area contributed by atoms with Crippen molar-refractivity contribution in [3.63, 3.8) is 0 Å². The standard InChI is InChI=1S/C18H26N2O3S/c1-19(2)17-12-20(11-16(17)14-6-7-14)18(21)10-13-4-8-15(9-5-13)24(3,22)23/h4-5,8-9,14,16-17H,6-7,10-12H2,1-3H3/t16-,17+/m0/s1. The van der Waals surface area contributed by atoms with E-state index in [1.807, 2.05) is 4.90 Å². The Hall–Kier alpha value is -1.40. The van der Waals surface area contributed by atoms with E-state index in [9.17, 15) is 13.2 Å². The van der Waals surface area contributed by atoms with Crippen molar-refractivity contribution in [2.45, 2.75) is 30.2 Å². The molecule has 1 aliphatic heterocycles. The molecule has 2 fully saturated rings. The number of benzene rings is 1. The molecule has 0 unspecified atom stereocenters. The summed E-state index contributed by atoms with van der Waals surface area (Å²) in [5.74, 6) is 1.51. The molecule has 1 aromatic rings. The second-order valence-corrected chi connectivity index (χ2v) is 9.44. The fourth-order valence-electron chi connectivity index (χ4n) is 3.69. The fourth-order valence-corrected chi connectivity index (χ4v) is 4.32. The van der Waals surface area contributed by atoms with E-state index in [1.54, 1.807) is 24.3 Å². The Morgan fingerprint density at radius 1 is 1.17 bits per heavy atom. The Balaban J connectivity index is 1.65. The van der Waals surface area contributed by atoms with E-state index in [2.05, 4.69) is 19.0 Å². The molecule has 2 aliphatic rings.